The fourth-order valence-corrected chi connectivity index (χ4v) is 3.43. The molecule has 1 N–H and O–H groups in total. The molecule has 0 atom stereocenters. The Morgan fingerprint density at radius 1 is 1.26 bits per heavy atom. The normalized spacial score (nSPS) is 16.7. The number of rotatable bonds is 1. The molecule has 5 nitrogen and oxygen atoms in total. The van der Waals surface area contributed by atoms with E-state index in [0.29, 0.717) is 19.1 Å². The smallest absolute Gasteiger partial charge is 0.410 e. The molecule has 0 aliphatic carbocycles. The lowest BCUT2D eigenvalue weighted by Gasteiger charge is -2.34. The molecule has 1 aromatic carbocycles. The molecule has 1 amide bonds. The van der Waals surface area contributed by atoms with Crippen LogP contribution in [0.3, 0.4) is 0 Å². The van der Waals surface area contributed by atoms with Crippen LogP contribution < -0.4 is 0 Å². The van der Waals surface area contributed by atoms with Crippen molar-refractivity contribution in [1.29, 1.82) is 0 Å². The molecule has 1 fully saturated rings. The second-order valence-corrected chi connectivity index (χ2v) is 7.40. The number of aromatic nitrogens is 2. The first-order valence-corrected chi connectivity index (χ1v) is 8.43. The second kappa shape index (κ2) is 6.00. The molecule has 2 aromatic rings. The van der Waals surface area contributed by atoms with Gasteiger partial charge in [-0.2, -0.15) is 0 Å². The zero-order valence-electron chi connectivity index (χ0n) is 13.8. The number of carbonyl (C=O) groups excluding carboxylic acids is 1. The topological polar surface area (TPSA) is 50.3 Å². The Kier molecular flexibility index (Phi) is 4.19. The Bertz CT molecular complexity index is 764. The zero-order valence-corrected chi connectivity index (χ0v) is 14.7. The maximum atomic E-state index is 12.2. The predicted octanol–water partition coefficient (Wildman–Crippen LogP) is 4.27. The first kappa shape index (κ1) is 16.1. The number of fused-ring (bicyclic) bond motifs is 1. The van der Waals surface area contributed by atoms with Gasteiger partial charge in [0.15, 0.2) is 4.77 Å². The summed E-state index contributed by atoms with van der Waals surface area (Å²) in [5.74, 6) is 0. The minimum Gasteiger partial charge on any atom is -0.444 e. The van der Waals surface area contributed by atoms with Crippen LogP contribution in [0, 0.1) is 4.77 Å². The number of benzene rings is 1. The third kappa shape index (κ3) is 3.42. The lowest BCUT2D eigenvalue weighted by atomic mass is 10.0. The van der Waals surface area contributed by atoms with Gasteiger partial charge in [-0.1, -0.05) is 12.1 Å². The van der Waals surface area contributed by atoms with Crippen molar-refractivity contribution in [2.24, 2.45) is 0 Å². The lowest BCUT2D eigenvalue weighted by molar-refractivity contribution is 0.0189. The summed E-state index contributed by atoms with van der Waals surface area (Å²) < 4.78 is 8.39. The molecule has 0 radical (unpaired) electrons. The number of aromatic amines is 1. The fraction of sp³-hybridized carbons (Fsp3) is 0.529. The Balaban J connectivity index is 1.73. The fourth-order valence-electron chi connectivity index (χ4n) is 3.07. The van der Waals surface area contributed by atoms with Gasteiger partial charge in [0.2, 0.25) is 0 Å². The molecule has 124 valence electrons. The second-order valence-electron chi connectivity index (χ2n) is 7.02. The quantitative estimate of drug-likeness (QED) is 0.793. The molecule has 1 saturated heterocycles. The number of para-hydroxylation sites is 2. The first-order valence-electron chi connectivity index (χ1n) is 8.02. The molecular weight excluding hydrogens is 310 g/mol. The summed E-state index contributed by atoms with van der Waals surface area (Å²) in [6, 6.07) is 8.47. The van der Waals surface area contributed by atoms with Crippen LogP contribution in [0.1, 0.15) is 39.7 Å². The summed E-state index contributed by atoms with van der Waals surface area (Å²) in [7, 11) is 0. The van der Waals surface area contributed by atoms with Crippen LogP contribution in [0.4, 0.5) is 4.79 Å². The van der Waals surface area contributed by atoms with Gasteiger partial charge >= 0.3 is 6.09 Å². The summed E-state index contributed by atoms with van der Waals surface area (Å²) in [6.07, 6.45) is 1.55. The Morgan fingerprint density at radius 2 is 1.91 bits per heavy atom. The third-order valence-corrected chi connectivity index (χ3v) is 4.40. The molecule has 23 heavy (non-hydrogen) atoms. The lowest BCUT2D eigenvalue weighted by Crippen LogP contribution is -2.42. The molecule has 0 unspecified atom stereocenters. The molecule has 6 heteroatoms. The van der Waals surface area contributed by atoms with Crippen molar-refractivity contribution >= 4 is 29.3 Å². The number of likely N-dealkylation sites (tertiary alicyclic amines) is 1. The molecule has 0 spiro atoms. The van der Waals surface area contributed by atoms with E-state index in [1.807, 2.05) is 39.0 Å². The maximum Gasteiger partial charge on any atom is 0.410 e. The number of ether oxygens (including phenoxy) is 1. The first-order chi connectivity index (χ1) is 10.8. The molecule has 1 aliphatic heterocycles. The summed E-state index contributed by atoms with van der Waals surface area (Å²) in [6.45, 7) is 7.07. The largest absolute Gasteiger partial charge is 0.444 e. The van der Waals surface area contributed by atoms with E-state index in [4.69, 9.17) is 17.0 Å². The predicted molar refractivity (Wildman–Crippen MR) is 93.2 cm³/mol. The summed E-state index contributed by atoms with van der Waals surface area (Å²) in [5, 5.41) is 0. The van der Waals surface area contributed by atoms with Crippen molar-refractivity contribution in [3.63, 3.8) is 0 Å². The number of hydrogen-bond acceptors (Lipinski definition) is 3. The standard InChI is InChI=1S/C17H23N3O2S/c1-17(2,3)22-16(21)19-10-8-12(9-11-19)20-14-7-5-4-6-13(14)18-15(20)23/h4-7,12H,8-11H2,1-3H3,(H,18,23). The molecule has 1 aromatic heterocycles. The maximum absolute atomic E-state index is 12.2. The minimum absolute atomic E-state index is 0.224. The number of amides is 1. The van der Waals surface area contributed by atoms with Gasteiger partial charge in [0.25, 0.3) is 0 Å². The molecule has 1 aliphatic rings. The van der Waals surface area contributed by atoms with Gasteiger partial charge in [-0.05, 0) is 58.0 Å². The van der Waals surface area contributed by atoms with E-state index in [1.165, 1.54) is 0 Å². The number of carbonyl (C=O) groups is 1. The van der Waals surface area contributed by atoms with E-state index in [-0.39, 0.29) is 6.09 Å². The van der Waals surface area contributed by atoms with Crippen LogP contribution in [-0.2, 0) is 4.74 Å². The van der Waals surface area contributed by atoms with Gasteiger partial charge in [-0.15, -0.1) is 0 Å². The van der Waals surface area contributed by atoms with Crippen LogP contribution in [0.2, 0.25) is 0 Å². The van der Waals surface area contributed by atoms with Crippen molar-refractivity contribution in [3.05, 3.63) is 29.0 Å². The molecule has 3 rings (SSSR count). The van der Waals surface area contributed by atoms with Crippen molar-refractivity contribution in [2.75, 3.05) is 13.1 Å². The third-order valence-electron chi connectivity index (χ3n) is 4.11. The SMILES string of the molecule is CC(C)(C)OC(=O)N1CCC(n2c(=S)[nH]c3ccccc32)CC1. The van der Waals surface area contributed by atoms with Gasteiger partial charge in [-0.3, -0.25) is 0 Å². The monoisotopic (exact) mass is 333 g/mol. The highest BCUT2D eigenvalue weighted by Crippen LogP contribution is 2.28. The van der Waals surface area contributed by atoms with E-state index in [0.717, 1.165) is 28.6 Å². The van der Waals surface area contributed by atoms with E-state index in [1.54, 1.807) is 4.90 Å². The number of nitrogens with zero attached hydrogens (tertiary/aromatic N) is 2. The Hall–Kier alpha value is -1.82. The number of imidazole rings is 1. The highest BCUT2D eigenvalue weighted by atomic mass is 32.1. The minimum atomic E-state index is -0.451. The van der Waals surface area contributed by atoms with Gasteiger partial charge in [-0.25, -0.2) is 4.79 Å². The van der Waals surface area contributed by atoms with Gasteiger partial charge in [0.05, 0.1) is 11.0 Å². The summed E-state index contributed by atoms with van der Waals surface area (Å²) in [5.41, 5.74) is 1.74. The molecular formula is C17H23N3O2S. The number of nitrogens with one attached hydrogen (secondary N) is 1. The van der Waals surface area contributed by atoms with Crippen LogP contribution in [-0.4, -0.2) is 39.2 Å². The number of piperidine rings is 1. The average molecular weight is 333 g/mol. The van der Waals surface area contributed by atoms with Crippen molar-refractivity contribution in [2.45, 2.75) is 45.3 Å². The highest BCUT2D eigenvalue weighted by molar-refractivity contribution is 7.71. The van der Waals surface area contributed by atoms with E-state index >= 15 is 0 Å². The van der Waals surface area contributed by atoms with Crippen LogP contribution in [0.15, 0.2) is 24.3 Å². The van der Waals surface area contributed by atoms with Gasteiger partial charge < -0.3 is 19.2 Å². The molecule has 0 bridgehead atoms. The summed E-state index contributed by atoms with van der Waals surface area (Å²) >= 11 is 5.49. The Morgan fingerprint density at radius 3 is 2.57 bits per heavy atom. The van der Waals surface area contributed by atoms with E-state index in [2.05, 4.69) is 15.6 Å². The van der Waals surface area contributed by atoms with Crippen molar-refractivity contribution < 1.29 is 9.53 Å². The van der Waals surface area contributed by atoms with E-state index < -0.39 is 5.60 Å². The average Bonchev–Trinajstić information content (AvgIpc) is 2.81. The molecule has 0 saturated carbocycles. The van der Waals surface area contributed by atoms with Crippen molar-refractivity contribution in [1.82, 2.24) is 14.5 Å². The molecule has 2 heterocycles. The van der Waals surface area contributed by atoms with Crippen LogP contribution in [0.5, 0.6) is 0 Å². The number of H-pyrrole nitrogens is 1. The number of hydrogen-bond donors (Lipinski definition) is 1. The van der Waals surface area contributed by atoms with Crippen LogP contribution >= 0.6 is 12.2 Å². The van der Waals surface area contributed by atoms with Crippen molar-refractivity contribution in [3.8, 4) is 0 Å². The summed E-state index contributed by atoms with van der Waals surface area (Å²) in [4.78, 5) is 17.2. The van der Waals surface area contributed by atoms with Gasteiger partial charge in [0.1, 0.15) is 5.60 Å². The van der Waals surface area contributed by atoms with E-state index in [9.17, 15) is 4.79 Å². The highest BCUT2D eigenvalue weighted by Gasteiger charge is 2.28. The zero-order chi connectivity index (χ0) is 16.6. The van der Waals surface area contributed by atoms with Crippen LogP contribution in [0.25, 0.3) is 11.0 Å². The Labute approximate surface area is 141 Å². The van der Waals surface area contributed by atoms with Gasteiger partial charge in [0, 0.05) is 19.1 Å².